The molecule has 0 spiro atoms. The summed E-state index contributed by atoms with van der Waals surface area (Å²) in [5.74, 6) is -0.664. The van der Waals surface area contributed by atoms with Crippen LogP contribution in [0.4, 0.5) is 0 Å². The van der Waals surface area contributed by atoms with E-state index in [4.69, 9.17) is 11.5 Å². The second-order valence-corrected chi connectivity index (χ2v) is 11.7. The lowest BCUT2D eigenvalue weighted by Gasteiger charge is -2.37. The standard InChI is InChI=1S/C31H37N7O3S/c1-2-6-20-21-11-28(29(33)40)42-31(21)38-15-22(20)25-12-26(23(32)16-35-25)36-17-27(39)24-10-9-19(14-34-24)30(41)37-13-18-7-4-3-5-8-18/h3-5,7-11,14-15,23,25-27,35-36,39H,2,6,12-13,16-17,32H2,1H3,(H2,33,40)(H,37,41). The zero-order valence-electron chi connectivity index (χ0n) is 23.5. The average molecular weight is 588 g/mol. The van der Waals surface area contributed by atoms with Gasteiger partial charge in [-0.05, 0) is 47.7 Å². The predicted molar refractivity (Wildman–Crippen MR) is 164 cm³/mol. The Kier molecular flexibility index (Phi) is 9.55. The quantitative estimate of drug-likeness (QED) is 0.156. The number of nitrogens with one attached hydrogen (secondary N) is 3. The molecule has 0 radical (unpaired) electrons. The number of rotatable bonds is 11. The Hall–Kier alpha value is -3.74. The summed E-state index contributed by atoms with van der Waals surface area (Å²) in [5, 5.41) is 21.7. The van der Waals surface area contributed by atoms with Crippen LogP contribution in [0, 0.1) is 0 Å². The summed E-state index contributed by atoms with van der Waals surface area (Å²) in [6.45, 7) is 3.43. The van der Waals surface area contributed by atoms with E-state index in [0.29, 0.717) is 35.6 Å². The number of aliphatic hydroxyl groups excluding tert-OH is 1. The molecular formula is C31H37N7O3S. The lowest BCUT2D eigenvalue weighted by atomic mass is 9.87. The molecule has 1 aromatic carbocycles. The normalized spacial score (nSPS) is 19.5. The van der Waals surface area contributed by atoms with Gasteiger partial charge >= 0.3 is 0 Å². The van der Waals surface area contributed by atoms with Crippen LogP contribution in [0.2, 0.25) is 0 Å². The van der Waals surface area contributed by atoms with Gasteiger partial charge < -0.3 is 32.5 Å². The van der Waals surface area contributed by atoms with Gasteiger partial charge in [-0.15, -0.1) is 11.3 Å². The van der Waals surface area contributed by atoms with Crippen molar-refractivity contribution < 1.29 is 14.7 Å². The fraction of sp³-hybridized carbons (Fsp3) is 0.355. The van der Waals surface area contributed by atoms with E-state index in [2.05, 4.69) is 32.8 Å². The first-order valence-corrected chi connectivity index (χ1v) is 15.0. The third kappa shape index (κ3) is 6.83. The number of benzene rings is 1. The smallest absolute Gasteiger partial charge is 0.258 e. The average Bonchev–Trinajstić information content (AvgIpc) is 3.46. The Morgan fingerprint density at radius 3 is 2.69 bits per heavy atom. The lowest BCUT2D eigenvalue weighted by molar-refractivity contribution is 0.0949. The van der Waals surface area contributed by atoms with Crippen molar-refractivity contribution in [2.24, 2.45) is 11.5 Å². The monoisotopic (exact) mass is 587 g/mol. The van der Waals surface area contributed by atoms with E-state index < -0.39 is 12.0 Å². The van der Waals surface area contributed by atoms with Crippen molar-refractivity contribution in [2.75, 3.05) is 13.1 Å². The minimum atomic E-state index is -0.862. The zero-order chi connectivity index (χ0) is 29.6. The van der Waals surface area contributed by atoms with Crippen LogP contribution in [-0.4, -0.2) is 52.1 Å². The van der Waals surface area contributed by atoms with Crippen molar-refractivity contribution in [3.05, 3.63) is 93.7 Å². The number of aromatic nitrogens is 2. The van der Waals surface area contributed by atoms with Crippen molar-refractivity contribution >= 4 is 33.4 Å². The van der Waals surface area contributed by atoms with E-state index in [1.54, 1.807) is 12.1 Å². The highest BCUT2D eigenvalue weighted by Gasteiger charge is 2.31. The molecule has 1 aliphatic heterocycles. The highest BCUT2D eigenvalue weighted by molar-refractivity contribution is 7.20. The van der Waals surface area contributed by atoms with Gasteiger partial charge in [0.1, 0.15) is 10.9 Å². The van der Waals surface area contributed by atoms with Crippen LogP contribution in [0.1, 0.15) is 74.3 Å². The summed E-state index contributed by atoms with van der Waals surface area (Å²) in [7, 11) is 0. The number of piperidine rings is 1. The molecule has 10 nitrogen and oxygen atoms in total. The molecule has 11 heteroatoms. The molecule has 2 amide bonds. The number of hydrogen-bond acceptors (Lipinski definition) is 9. The first kappa shape index (κ1) is 29.7. The summed E-state index contributed by atoms with van der Waals surface area (Å²) in [4.78, 5) is 34.6. The molecule has 4 unspecified atom stereocenters. The van der Waals surface area contributed by atoms with Crippen LogP contribution in [0.25, 0.3) is 10.2 Å². The Morgan fingerprint density at radius 2 is 1.98 bits per heavy atom. The summed E-state index contributed by atoms with van der Waals surface area (Å²) >= 11 is 1.32. The van der Waals surface area contributed by atoms with Gasteiger partial charge in [0.25, 0.3) is 11.8 Å². The number of hydrogen-bond donors (Lipinski definition) is 6. The second-order valence-electron chi connectivity index (χ2n) is 10.7. The van der Waals surface area contributed by atoms with Crippen LogP contribution < -0.4 is 27.4 Å². The molecule has 0 bridgehead atoms. The highest BCUT2D eigenvalue weighted by Crippen LogP contribution is 2.34. The molecule has 4 heterocycles. The lowest BCUT2D eigenvalue weighted by Crippen LogP contribution is -2.56. The molecule has 5 rings (SSSR count). The van der Waals surface area contributed by atoms with Crippen molar-refractivity contribution in [1.82, 2.24) is 25.9 Å². The number of primary amides is 1. The van der Waals surface area contributed by atoms with Crippen LogP contribution >= 0.6 is 11.3 Å². The third-order valence-corrected chi connectivity index (χ3v) is 8.75. The van der Waals surface area contributed by atoms with Gasteiger partial charge in [-0.2, -0.15) is 0 Å². The van der Waals surface area contributed by atoms with Crippen LogP contribution in [0.15, 0.2) is 60.9 Å². The third-order valence-electron chi connectivity index (χ3n) is 7.69. The Bertz CT molecular complexity index is 1530. The molecule has 0 saturated carbocycles. The SMILES string of the molecule is CCCc1c(C2CC(NCC(O)c3ccc(C(=O)NCc4ccccc4)cn3)C(N)CN2)cnc2sc(C(N)=O)cc12. The number of pyridine rings is 2. The van der Waals surface area contributed by atoms with Crippen molar-refractivity contribution in [1.29, 1.82) is 0 Å². The summed E-state index contributed by atoms with van der Waals surface area (Å²) in [5.41, 5.74) is 16.2. The van der Waals surface area contributed by atoms with Gasteiger partial charge in [0.05, 0.1) is 16.1 Å². The van der Waals surface area contributed by atoms with Gasteiger partial charge in [0.15, 0.2) is 0 Å². The number of carbonyl (C=O) groups is 2. The van der Waals surface area contributed by atoms with E-state index in [0.717, 1.165) is 34.2 Å². The van der Waals surface area contributed by atoms with E-state index in [-0.39, 0.29) is 30.6 Å². The summed E-state index contributed by atoms with van der Waals surface area (Å²) in [6.07, 6.45) is 5.04. The molecule has 4 aromatic rings. The maximum atomic E-state index is 12.5. The minimum Gasteiger partial charge on any atom is -0.385 e. The molecule has 42 heavy (non-hydrogen) atoms. The van der Waals surface area contributed by atoms with Gasteiger partial charge in [0, 0.05) is 55.5 Å². The topological polar surface area (TPSA) is 168 Å². The predicted octanol–water partition coefficient (Wildman–Crippen LogP) is 2.73. The molecule has 220 valence electrons. The maximum Gasteiger partial charge on any atom is 0.258 e. The zero-order valence-corrected chi connectivity index (χ0v) is 24.4. The van der Waals surface area contributed by atoms with Gasteiger partial charge in [-0.1, -0.05) is 43.7 Å². The Labute approximate surface area is 248 Å². The van der Waals surface area contributed by atoms with Crippen molar-refractivity contribution in [3.63, 3.8) is 0 Å². The Balaban J connectivity index is 1.21. The second kappa shape index (κ2) is 13.5. The number of thiophene rings is 1. The fourth-order valence-electron chi connectivity index (χ4n) is 5.39. The number of fused-ring (bicyclic) bond motifs is 1. The van der Waals surface area contributed by atoms with Crippen LogP contribution in [0.5, 0.6) is 0 Å². The Morgan fingerprint density at radius 1 is 1.17 bits per heavy atom. The molecule has 8 N–H and O–H groups in total. The van der Waals surface area contributed by atoms with Gasteiger partial charge in [-0.25, -0.2) is 4.98 Å². The van der Waals surface area contributed by atoms with Gasteiger partial charge in [0.2, 0.25) is 0 Å². The number of carbonyl (C=O) groups excluding carboxylic acids is 2. The molecule has 1 fully saturated rings. The van der Waals surface area contributed by atoms with E-state index in [1.807, 2.05) is 42.6 Å². The van der Waals surface area contributed by atoms with Crippen LogP contribution in [0.3, 0.4) is 0 Å². The highest BCUT2D eigenvalue weighted by atomic mass is 32.1. The molecule has 1 saturated heterocycles. The summed E-state index contributed by atoms with van der Waals surface area (Å²) < 4.78 is 0. The molecule has 3 aromatic heterocycles. The molecule has 1 aliphatic rings. The first-order chi connectivity index (χ1) is 20.3. The van der Waals surface area contributed by atoms with Crippen molar-refractivity contribution in [2.45, 2.75) is 57.0 Å². The van der Waals surface area contributed by atoms with Gasteiger partial charge in [-0.3, -0.25) is 14.6 Å². The number of amides is 2. The van der Waals surface area contributed by atoms with E-state index >= 15 is 0 Å². The maximum absolute atomic E-state index is 12.5. The number of aliphatic hydroxyl groups is 1. The number of nitrogens with two attached hydrogens (primary N) is 2. The fourth-order valence-corrected chi connectivity index (χ4v) is 6.28. The van der Waals surface area contributed by atoms with Crippen LogP contribution in [-0.2, 0) is 13.0 Å². The summed E-state index contributed by atoms with van der Waals surface area (Å²) in [6, 6.07) is 14.7. The first-order valence-electron chi connectivity index (χ1n) is 14.2. The van der Waals surface area contributed by atoms with E-state index in [1.165, 1.54) is 23.1 Å². The molecule has 0 aliphatic carbocycles. The van der Waals surface area contributed by atoms with E-state index in [9.17, 15) is 14.7 Å². The molecule has 4 atom stereocenters. The molecular weight excluding hydrogens is 550 g/mol. The van der Waals surface area contributed by atoms with Crippen molar-refractivity contribution in [3.8, 4) is 0 Å². The number of nitrogens with zero attached hydrogens (tertiary/aromatic N) is 2. The number of aryl methyl sites for hydroxylation is 1. The largest absolute Gasteiger partial charge is 0.385 e. The minimum absolute atomic E-state index is 0.0154.